The van der Waals surface area contributed by atoms with Crippen molar-refractivity contribution in [3.05, 3.63) is 53.9 Å². The lowest BCUT2D eigenvalue weighted by molar-refractivity contribution is 0.0694. The zero-order chi connectivity index (χ0) is 20.2. The lowest BCUT2D eigenvalue weighted by Crippen LogP contribution is -2.49. The molecule has 0 bridgehead atoms. The molecule has 2 amide bonds. The number of piperazine rings is 1. The van der Waals surface area contributed by atoms with Crippen molar-refractivity contribution in [3.63, 3.8) is 0 Å². The number of likely N-dealkylation sites (tertiary alicyclic amines) is 1. The highest BCUT2D eigenvalue weighted by atomic mass is 16.2. The highest BCUT2D eigenvalue weighted by Gasteiger charge is 2.24. The van der Waals surface area contributed by atoms with Crippen LogP contribution in [-0.2, 0) is 0 Å². The van der Waals surface area contributed by atoms with E-state index in [-0.39, 0.29) is 11.8 Å². The second-order valence-electron chi connectivity index (χ2n) is 7.88. The predicted molar refractivity (Wildman–Crippen MR) is 111 cm³/mol. The van der Waals surface area contributed by atoms with E-state index in [4.69, 9.17) is 0 Å². The molecule has 2 fully saturated rings. The molecule has 3 heterocycles. The minimum atomic E-state index is 0.00410. The van der Waals surface area contributed by atoms with Gasteiger partial charge < -0.3 is 14.7 Å². The summed E-state index contributed by atoms with van der Waals surface area (Å²) in [6.45, 7) is 6.54. The summed E-state index contributed by atoms with van der Waals surface area (Å²) >= 11 is 0. The zero-order valence-electron chi connectivity index (χ0n) is 16.8. The first-order chi connectivity index (χ1) is 14.1. The highest BCUT2D eigenvalue weighted by molar-refractivity contribution is 5.98. The molecule has 0 saturated carbocycles. The first kappa shape index (κ1) is 19.4. The van der Waals surface area contributed by atoms with Gasteiger partial charge in [0.2, 0.25) is 5.95 Å². The van der Waals surface area contributed by atoms with Gasteiger partial charge in [-0.05, 0) is 49.1 Å². The van der Waals surface area contributed by atoms with Crippen molar-refractivity contribution in [2.45, 2.75) is 19.8 Å². The largest absolute Gasteiger partial charge is 0.339 e. The van der Waals surface area contributed by atoms with E-state index in [1.807, 2.05) is 9.80 Å². The normalized spacial score (nSPS) is 18.0. The molecule has 29 heavy (non-hydrogen) atoms. The molecule has 0 spiro atoms. The van der Waals surface area contributed by atoms with Gasteiger partial charge in [-0.15, -0.1) is 0 Å². The Kier molecular flexibility index (Phi) is 5.74. The third kappa shape index (κ3) is 4.39. The Labute approximate surface area is 171 Å². The van der Waals surface area contributed by atoms with Crippen molar-refractivity contribution >= 4 is 17.8 Å². The number of carbonyl (C=O) groups excluding carboxylic acids is 2. The van der Waals surface area contributed by atoms with Crippen molar-refractivity contribution in [1.82, 2.24) is 19.8 Å². The minimum Gasteiger partial charge on any atom is -0.339 e. The fourth-order valence-corrected chi connectivity index (χ4v) is 3.90. The standard InChI is InChI=1S/C22H27N5O2/c1-17-7-11-25(12-8-17)20(28)18-3-5-19(6-4-18)21(29)26-13-15-27(16-14-26)22-23-9-2-10-24-22/h2-6,9-10,17H,7-8,11-16H2,1H3. The molecule has 0 N–H and O–H groups in total. The first-order valence-electron chi connectivity index (χ1n) is 10.3. The van der Waals surface area contributed by atoms with Gasteiger partial charge in [-0.2, -0.15) is 0 Å². The van der Waals surface area contributed by atoms with Crippen LogP contribution in [0.3, 0.4) is 0 Å². The van der Waals surface area contributed by atoms with E-state index in [1.54, 1.807) is 42.7 Å². The lowest BCUT2D eigenvalue weighted by Gasteiger charge is -2.34. The summed E-state index contributed by atoms with van der Waals surface area (Å²) in [6, 6.07) is 8.90. The van der Waals surface area contributed by atoms with E-state index in [2.05, 4.69) is 21.8 Å². The van der Waals surface area contributed by atoms with Crippen LogP contribution >= 0.6 is 0 Å². The van der Waals surface area contributed by atoms with Crippen LogP contribution in [0.2, 0.25) is 0 Å². The van der Waals surface area contributed by atoms with Crippen molar-refractivity contribution in [3.8, 4) is 0 Å². The van der Waals surface area contributed by atoms with E-state index in [0.717, 1.165) is 25.9 Å². The van der Waals surface area contributed by atoms with Crippen LogP contribution in [0.15, 0.2) is 42.7 Å². The molecule has 1 aromatic heterocycles. The van der Waals surface area contributed by atoms with Gasteiger partial charge in [0.25, 0.3) is 11.8 Å². The number of aromatic nitrogens is 2. The summed E-state index contributed by atoms with van der Waals surface area (Å²) in [7, 11) is 0. The number of benzene rings is 1. The smallest absolute Gasteiger partial charge is 0.253 e. The first-order valence-corrected chi connectivity index (χ1v) is 10.3. The maximum Gasteiger partial charge on any atom is 0.253 e. The number of piperidine rings is 1. The number of hydrogen-bond acceptors (Lipinski definition) is 5. The fraction of sp³-hybridized carbons (Fsp3) is 0.455. The number of anilines is 1. The molecule has 0 atom stereocenters. The van der Waals surface area contributed by atoms with Gasteiger partial charge in [-0.1, -0.05) is 6.92 Å². The summed E-state index contributed by atoms with van der Waals surface area (Å²) in [4.78, 5) is 39.9. The summed E-state index contributed by atoms with van der Waals surface area (Å²) in [5, 5.41) is 0. The summed E-state index contributed by atoms with van der Waals surface area (Å²) in [6.07, 6.45) is 5.57. The maximum atomic E-state index is 12.8. The van der Waals surface area contributed by atoms with Crippen LogP contribution in [0.5, 0.6) is 0 Å². The van der Waals surface area contributed by atoms with E-state index in [9.17, 15) is 9.59 Å². The van der Waals surface area contributed by atoms with Gasteiger partial charge in [0.15, 0.2) is 0 Å². The Morgan fingerprint density at radius 2 is 1.28 bits per heavy atom. The molecular formula is C22H27N5O2. The molecule has 7 nitrogen and oxygen atoms in total. The molecule has 2 aliphatic heterocycles. The number of carbonyl (C=O) groups is 2. The van der Waals surface area contributed by atoms with Crippen LogP contribution in [0.25, 0.3) is 0 Å². The molecule has 2 aromatic rings. The van der Waals surface area contributed by atoms with Gasteiger partial charge in [0.05, 0.1) is 0 Å². The third-order valence-corrected chi connectivity index (χ3v) is 5.85. The Hall–Kier alpha value is -2.96. The van der Waals surface area contributed by atoms with Crippen LogP contribution in [0.1, 0.15) is 40.5 Å². The molecule has 4 rings (SSSR count). The van der Waals surface area contributed by atoms with E-state index >= 15 is 0 Å². The van der Waals surface area contributed by atoms with Gasteiger partial charge in [-0.25, -0.2) is 9.97 Å². The van der Waals surface area contributed by atoms with Gasteiger partial charge in [0, 0.05) is 62.8 Å². The van der Waals surface area contributed by atoms with Crippen LogP contribution < -0.4 is 4.90 Å². The van der Waals surface area contributed by atoms with E-state index in [1.165, 1.54) is 0 Å². The second kappa shape index (κ2) is 8.59. The minimum absolute atomic E-state index is 0.00410. The summed E-state index contributed by atoms with van der Waals surface area (Å²) in [5.74, 6) is 1.46. The monoisotopic (exact) mass is 393 g/mol. The zero-order valence-corrected chi connectivity index (χ0v) is 16.8. The van der Waals surface area contributed by atoms with Gasteiger partial charge in [0.1, 0.15) is 0 Å². The molecule has 0 unspecified atom stereocenters. The van der Waals surface area contributed by atoms with Gasteiger partial charge >= 0.3 is 0 Å². The number of hydrogen-bond donors (Lipinski definition) is 0. The average molecular weight is 393 g/mol. The molecule has 7 heteroatoms. The quantitative estimate of drug-likeness (QED) is 0.800. The third-order valence-electron chi connectivity index (χ3n) is 5.85. The van der Waals surface area contributed by atoms with Crippen molar-refractivity contribution < 1.29 is 9.59 Å². The van der Waals surface area contributed by atoms with Crippen LogP contribution in [-0.4, -0.2) is 70.9 Å². The lowest BCUT2D eigenvalue weighted by atomic mass is 9.98. The molecule has 152 valence electrons. The van der Waals surface area contributed by atoms with Crippen molar-refractivity contribution in [2.24, 2.45) is 5.92 Å². The Bertz CT molecular complexity index is 839. The molecule has 0 radical (unpaired) electrons. The number of rotatable bonds is 3. The number of nitrogens with zero attached hydrogens (tertiary/aromatic N) is 5. The van der Waals surface area contributed by atoms with Crippen molar-refractivity contribution in [2.75, 3.05) is 44.2 Å². The topological polar surface area (TPSA) is 69.6 Å². The molecule has 1 aromatic carbocycles. The predicted octanol–water partition coefficient (Wildman–Crippen LogP) is 2.31. The van der Waals surface area contributed by atoms with Crippen LogP contribution in [0, 0.1) is 5.92 Å². The molecular weight excluding hydrogens is 366 g/mol. The SMILES string of the molecule is CC1CCN(C(=O)c2ccc(C(=O)N3CCN(c4ncccn4)CC3)cc2)CC1. The fourth-order valence-electron chi connectivity index (χ4n) is 3.90. The summed E-state index contributed by atoms with van der Waals surface area (Å²) < 4.78 is 0. The van der Waals surface area contributed by atoms with Gasteiger partial charge in [-0.3, -0.25) is 9.59 Å². The van der Waals surface area contributed by atoms with E-state index < -0.39 is 0 Å². The Morgan fingerprint density at radius 1 is 0.793 bits per heavy atom. The van der Waals surface area contributed by atoms with Crippen molar-refractivity contribution in [1.29, 1.82) is 0 Å². The maximum absolute atomic E-state index is 12.8. The van der Waals surface area contributed by atoms with E-state index in [0.29, 0.717) is 49.2 Å². The highest BCUT2D eigenvalue weighted by Crippen LogP contribution is 2.19. The summed E-state index contributed by atoms with van der Waals surface area (Å²) in [5.41, 5.74) is 1.28. The Morgan fingerprint density at radius 3 is 1.79 bits per heavy atom. The average Bonchev–Trinajstić information content (AvgIpc) is 2.79. The van der Waals surface area contributed by atoms with Crippen LogP contribution in [0.4, 0.5) is 5.95 Å². The molecule has 2 aliphatic rings. The molecule has 0 aliphatic carbocycles. The molecule has 2 saturated heterocycles. The Balaban J connectivity index is 1.34. The second-order valence-corrected chi connectivity index (χ2v) is 7.88. The number of amides is 2.